The topological polar surface area (TPSA) is 123 Å². The van der Waals surface area contributed by atoms with Crippen LogP contribution in [0.5, 0.6) is 0 Å². The van der Waals surface area contributed by atoms with Crippen LogP contribution in [0, 0.1) is 16.0 Å². The van der Waals surface area contributed by atoms with Crippen LogP contribution in [0.25, 0.3) is 10.2 Å². The largest absolute Gasteiger partial charge is 0.302 e. The summed E-state index contributed by atoms with van der Waals surface area (Å²) in [5.74, 6) is -0.810. The summed E-state index contributed by atoms with van der Waals surface area (Å²) in [7, 11) is -3.66. The second kappa shape index (κ2) is 8.09. The third-order valence-corrected chi connectivity index (χ3v) is 7.76. The Morgan fingerprint density at radius 3 is 2.73 bits per heavy atom. The molecular formula is C19H18N4O5S2. The number of rotatable bonds is 5. The molecule has 0 bridgehead atoms. The summed E-state index contributed by atoms with van der Waals surface area (Å²) in [6.07, 6.45) is 1.15. The fourth-order valence-corrected chi connectivity index (χ4v) is 5.85. The molecule has 1 N–H and O–H groups in total. The molecule has 0 saturated carbocycles. The van der Waals surface area contributed by atoms with Crippen molar-refractivity contribution in [3.8, 4) is 0 Å². The maximum atomic E-state index is 12.8. The Morgan fingerprint density at radius 2 is 2.00 bits per heavy atom. The highest BCUT2D eigenvalue weighted by atomic mass is 32.2. The molecule has 0 aliphatic carbocycles. The molecule has 2 heterocycles. The first-order valence-electron chi connectivity index (χ1n) is 9.25. The molecule has 11 heteroatoms. The molecule has 1 atom stereocenters. The standard InChI is InChI=1S/C19H18N4O5S2/c24-18(21-19-20-16-9-8-14(23(25)26)11-17(16)29-19)13-5-4-10-22(12-13)30(27,28)15-6-2-1-3-7-15/h1-3,6-9,11,13H,4-5,10,12H2,(H,20,21,24). The van der Waals surface area contributed by atoms with Crippen molar-refractivity contribution < 1.29 is 18.1 Å². The number of carbonyl (C=O) groups excluding carboxylic acids is 1. The number of thiazole rings is 1. The van der Waals surface area contributed by atoms with Crippen molar-refractivity contribution in [2.24, 2.45) is 5.92 Å². The van der Waals surface area contributed by atoms with Gasteiger partial charge in [0.05, 0.1) is 26.0 Å². The number of hydrogen-bond donors (Lipinski definition) is 1. The first-order valence-corrected chi connectivity index (χ1v) is 11.5. The lowest BCUT2D eigenvalue weighted by Gasteiger charge is -2.31. The number of nitrogens with one attached hydrogen (secondary N) is 1. The van der Waals surface area contributed by atoms with Crippen LogP contribution < -0.4 is 5.32 Å². The van der Waals surface area contributed by atoms with E-state index in [0.717, 1.165) is 11.3 Å². The average molecular weight is 447 g/mol. The molecule has 2 aromatic carbocycles. The van der Waals surface area contributed by atoms with E-state index in [2.05, 4.69) is 10.3 Å². The maximum absolute atomic E-state index is 12.8. The van der Waals surface area contributed by atoms with E-state index >= 15 is 0 Å². The molecule has 1 unspecified atom stereocenters. The van der Waals surface area contributed by atoms with Gasteiger partial charge in [-0.3, -0.25) is 14.9 Å². The molecule has 156 valence electrons. The van der Waals surface area contributed by atoms with Gasteiger partial charge in [0.1, 0.15) is 0 Å². The normalized spacial score (nSPS) is 17.7. The van der Waals surface area contributed by atoms with Crippen LogP contribution in [0.3, 0.4) is 0 Å². The Hall–Kier alpha value is -2.89. The lowest BCUT2D eigenvalue weighted by molar-refractivity contribution is -0.384. The predicted octanol–water partition coefficient (Wildman–Crippen LogP) is 3.24. The quantitative estimate of drug-likeness (QED) is 0.474. The van der Waals surface area contributed by atoms with Gasteiger partial charge >= 0.3 is 0 Å². The summed E-state index contributed by atoms with van der Waals surface area (Å²) in [6.45, 7) is 0.464. The summed E-state index contributed by atoms with van der Waals surface area (Å²) < 4.78 is 27.6. The number of fused-ring (bicyclic) bond motifs is 1. The van der Waals surface area contributed by atoms with Gasteiger partial charge in [-0.1, -0.05) is 29.5 Å². The maximum Gasteiger partial charge on any atom is 0.270 e. The number of aromatic nitrogens is 1. The summed E-state index contributed by atoms with van der Waals surface area (Å²) in [5, 5.41) is 14.0. The first-order chi connectivity index (χ1) is 14.3. The second-order valence-corrected chi connectivity index (χ2v) is 9.90. The van der Waals surface area contributed by atoms with Crippen LogP contribution in [0.15, 0.2) is 53.4 Å². The molecule has 1 aliphatic rings. The molecule has 1 aliphatic heterocycles. The van der Waals surface area contributed by atoms with Crippen LogP contribution in [0.4, 0.5) is 10.8 Å². The number of nitrogens with zero attached hydrogens (tertiary/aromatic N) is 3. The number of carbonyl (C=O) groups is 1. The fourth-order valence-electron chi connectivity index (χ4n) is 3.40. The molecule has 0 spiro atoms. The molecule has 1 saturated heterocycles. The lowest BCUT2D eigenvalue weighted by atomic mass is 9.99. The van der Waals surface area contributed by atoms with Gasteiger partial charge in [0, 0.05) is 25.2 Å². The number of hydrogen-bond acceptors (Lipinski definition) is 7. The van der Waals surface area contributed by atoms with Gasteiger partial charge in [-0.25, -0.2) is 13.4 Å². The fraction of sp³-hybridized carbons (Fsp3) is 0.263. The van der Waals surface area contributed by atoms with Crippen molar-refractivity contribution >= 4 is 48.3 Å². The molecule has 4 rings (SSSR count). The second-order valence-electron chi connectivity index (χ2n) is 6.93. The van der Waals surface area contributed by atoms with Crippen LogP contribution in [-0.2, 0) is 14.8 Å². The van der Waals surface area contributed by atoms with Crippen LogP contribution in [0.2, 0.25) is 0 Å². The monoisotopic (exact) mass is 446 g/mol. The highest BCUT2D eigenvalue weighted by molar-refractivity contribution is 7.89. The van der Waals surface area contributed by atoms with E-state index in [-0.39, 0.29) is 23.0 Å². The highest BCUT2D eigenvalue weighted by Crippen LogP contribution is 2.30. The first kappa shape index (κ1) is 20.4. The number of anilines is 1. The molecule has 1 aromatic heterocycles. The molecular weight excluding hydrogens is 428 g/mol. The van der Waals surface area contributed by atoms with Gasteiger partial charge in [-0.15, -0.1) is 0 Å². The van der Waals surface area contributed by atoms with Gasteiger partial charge in [-0.2, -0.15) is 4.31 Å². The van der Waals surface area contributed by atoms with Gasteiger partial charge in [0.2, 0.25) is 15.9 Å². The Bertz CT molecular complexity index is 1210. The number of benzene rings is 2. The van der Waals surface area contributed by atoms with Crippen molar-refractivity contribution in [1.29, 1.82) is 0 Å². The Balaban J connectivity index is 1.48. The molecule has 9 nitrogen and oxygen atoms in total. The van der Waals surface area contributed by atoms with Gasteiger partial charge in [0.25, 0.3) is 5.69 Å². The minimum atomic E-state index is -3.66. The molecule has 1 fully saturated rings. The number of piperidine rings is 1. The van der Waals surface area contributed by atoms with E-state index in [0.29, 0.717) is 34.7 Å². The van der Waals surface area contributed by atoms with Gasteiger partial charge < -0.3 is 5.32 Å². The van der Waals surface area contributed by atoms with Crippen molar-refractivity contribution in [3.05, 3.63) is 58.6 Å². The highest BCUT2D eigenvalue weighted by Gasteiger charge is 2.33. The van der Waals surface area contributed by atoms with E-state index in [1.54, 1.807) is 30.3 Å². The van der Waals surface area contributed by atoms with Gasteiger partial charge in [-0.05, 0) is 31.0 Å². The van der Waals surface area contributed by atoms with Crippen LogP contribution >= 0.6 is 11.3 Å². The SMILES string of the molecule is O=C(Nc1nc2ccc([N+](=O)[O-])cc2s1)C1CCCN(S(=O)(=O)c2ccccc2)C1. The zero-order chi connectivity index (χ0) is 21.3. The van der Waals surface area contributed by atoms with Crippen molar-refractivity contribution in [3.63, 3.8) is 0 Å². The van der Waals surface area contributed by atoms with E-state index < -0.39 is 20.9 Å². The van der Waals surface area contributed by atoms with E-state index in [9.17, 15) is 23.3 Å². The van der Waals surface area contributed by atoms with Crippen LogP contribution in [-0.4, -0.2) is 41.6 Å². The Labute approximate surface area is 176 Å². The average Bonchev–Trinajstić information content (AvgIpc) is 3.15. The third-order valence-electron chi connectivity index (χ3n) is 4.95. The van der Waals surface area contributed by atoms with E-state index in [4.69, 9.17) is 0 Å². The number of amides is 1. The predicted molar refractivity (Wildman–Crippen MR) is 113 cm³/mol. The van der Waals surface area contributed by atoms with E-state index in [1.807, 2.05) is 0 Å². The minimum absolute atomic E-state index is 0.0435. The summed E-state index contributed by atoms with van der Waals surface area (Å²) in [4.78, 5) is 27.7. The molecule has 30 heavy (non-hydrogen) atoms. The Morgan fingerprint density at radius 1 is 1.23 bits per heavy atom. The van der Waals surface area contributed by atoms with Gasteiger partial charge in [0.15, 0.2) is 5.13 Å². The van der Waals surface area contributed by atoms with Crippen molar-refractivity contribution in [1.82, 2.24) is 9.29 Å². The minimum Gasteiger partial charge on any atom is -0.302 e. The van der Waals surface area contributed by atoms with Crippen molar-refractivity contribution in [2.75, 3.05) is 18.4 Å². The number of sulfonamides is 1. The number of nitro benzene ring substituents is 1. The lowest BCUT2D eigenvalue weighted by Crippen LogP contribution is -2.43. The zero-order valence-electron chi connectivity index (χ0n) is 15.7. The van der Waals surface area contributed by atoms with Crippen LogP contribution in [0.1, 0.15) is 12.8 Å². The number of non-ortho nitro benzene ring substituents is 1. The summed E-state index contributed by atoms with van der Waals surface area (Å²) in [6, 6.07) is 12.5. The Kier molecular flexibility index (Phi) is 5.50. The van der Waals surface area contributed by atoms with Crippen molar-refractivity contribution in [2.45, 2.75) is 17.7 Å². The molecule has 3 aromatic rings. The summed E-state index contributed by atoms with van der Waals surface area (Å²) in [5.41, 5.74) is 0.510. The third kappa shape index (κ3) is 4.04. The molecule has 0 radical (unpaired) electrons. The smallest absolute Gasteiger partial charge is 0.270 e. The van der Waals surface area contributed by atoms with E-state index in [1.165, 1.54) is 22.5 Å². The molecule has 1 amide bonds. The number of nitro groups is 1. The zero-order valence-corrected chi connectivity index (χ0v) is 17.4. The summed E-state index contributed by atoms with van der Waals surface area (Å²) >= 11 is 1.15.